The van der Waals surface area contributed by atoms with Crippen LogP contribution in [0.3, 0.4) is 0 Å². The van der Waals surface area contributed by atoms with Crippen LogP contribution in [0.2, 0.25) is 0 Å². The highest BCUT2D eigenvalue weighted by Crippen LogP contribution is 2.43. The van der Waals surface area contributed by atoms with E-state index in [1.54, 1.807) is 17.0 Å². The lowest BCUT2D eigenvalue weighted by Crippen LogP contribution is -1.76. The summed E-state index contributed by atoms with van der Waals surface area (Å²) in [5, 5.41) is 0. The van der Waals surface area contributed by atoms with E-state index in [2.05, 4.69) is 9.71 Å². The van der Waals surface area contributed by atoms with Crippen molar-refractivity contribution in [2.75, 3.05) is 0 Å². The van der Waals surface area contributed by atoms with Gasteiger partial charge in [-0.05, 0) is 16.9 Å². The van der Waals surface area contributed by atoms with Gasteiger partial charge < -0.3 is 0 Å². The van der Waals surface area contributed by atoms with E-state index in [4.69, 9.17) is 0 Å². The van der Waals surface area contributed by atoms with Crippen LogP contribution in [0.4, 0.5) is 5.69 Å². The molecule has 0 atom stereocenters. The summed E-state index contributed by atoms with van der Waals surface area (Å²) in [7, 11) is 3.16. The van der Waals surface area contributed by atoms with Crippen molar-refractivity contribution in [2.24, 2.45) is 0 Å². The van der Waals surface area contributed by atoms with E-state index in [0.29, 0.717) is 0 Å². The molecular weight excluding hydrogens is 152 g/mol. The Balaban J connectivity index is 2.54. The number of pyridine rings is 1. The highest BCUT2D eigenvalue weighted by molar-refractivity contribution is 8.76. The van der Waals surface area contributed by atoms with E-state index in [1.807, 2.05) is 12.3 Å². The highest BCUT2D eigenvalue weighted by Gasteiger charge is 2.11. The molecule has 1 aromatic rings. The maximum Gasteiger partial charge on any atom is 0.0899 e. The number of rotatable bonds is 0. The monoisotopic (exact) mass is 155 g/mol. The fraction of sp³-hybridized carbons (Fsp3) is 0. The molecule has 2 heterocycles. The van der Waals surface area contributed by atoms with Gasteiger partial charge in [0.2, 0.25) is 0 Å². The van der Waals surface area contributed by atoms with Gasteiger partial charge in [0.1, 0.15) is 0 Å². The zero-order valence-corrected chi connectivity index (χ0v) is 6.08. The van der Waals surface area contributed by atoms with E-state index in [1.165, 1.54) is 15.9 Å². The Morgan fingerprint density at radius 1 is 1.44 bits per heavy atom. The first-order valence-corrected chi connectivity index (χ1v) is 4.56. The second kappa shape index (κ2) is 2.11. The normalized spacial score (nSPS) is 14.7. The molecule has 4 heteroatoms. The topological polar surface area (TPSA) is 27.0 Å². The van der Waals surface area contributed by atoms with E-state index in [0.717, 1.165) is 5.69 Å². The smallest absolute Gasteiger partial charge is 0.0899 e. The number of hydrogen-bond donors (Lipinski definition) is 0. The van der Waals surface area contributed by atoms with Crippen LogP contribution < -0.4 is 4.72 Å². The molecule has 0 spiro atoms. The lowest BCUT2D eigenvalue weighted by Gasteiger charge is -1.88. The summed E-state index contributed by atoms with van der Waals surface area (Å²) in [6.07, 6.45) is 3.60. The van der Waals surface area contributed by atoms with Gasteiger partial charge in [-0.15, -0.1) is 0 Å². The summed E-state index contributed by atoms with van der Waals surface area (Å²) in [6, 6.07) is 1.92. The fourth-order valence-electron chi connectivity index (χ4n) is 0.611. The molecule has 0 amide bonds. The van der Waals surface area contributed by atoms with Gasteiger partial charge >= 0.3 is 0 Å². The van der Waals surface area contributed by atoms with Crippen molar-refractivity contribution in [1.29, 1.82) is 0 Å². The molecule has 0 saturated heterocycles. The van der Waals surface area contributed by atoms with Gasteiger partial charge in [0.05, 0.1) is 10.6 Å². The van der Waals surface area contributed by atoms with Crippen LogP contribution in [0.5, 0.6) is 0 Å². The zero-order chi connectivity index (χ0) is 6.10. The minimum absolute atomic E-state index is 1.06. The van der Waals surface area contributed by atoms with Crippen molar-refractivity contribution < 1.29 is 0 Å². The molecule has 0 N–H and O–H groups in total. The van der Waals surface area contributed by atoms with Crippen LogP contribution in [0, 0.1) is 0 Å². The summed E-state index contributed by atoms with van der Waals surface area (Å²) < 4.78 is 4.14. The Kier molecular flexibility index (Phi) is 1.28. The predicted octanol–water partition coefficient (Wildman–Crippen LogP) is 1.99. The van der Waals surface area contributed by atoms with Crippen molar-refractivity contribution in [2.45, 2.75) is 4.90 Å². The summed E-state index contributed by atoms with van der Waals surface area (Å²) in [5.41, 5.74) is 1.06. The quantitative estimate of drug-likeness (QED) is 0.423. The maximum atomic E-state index is 4.14. The number of hydrogen-bond acceptors (Lipinski definition) is 3. The van der Waals surface area contributed by atoms with Gasteiger partial charge in [-0.25, -0.2) is 4.72 Å². The van der Waals surface area contributed by atoms with Crippen LogP contribution in [-0.2, 0) is 0 Å². The Labute approximate surface area is 61.0 Å². The molecule has 0 aromatic carbocycles. The molecule has 0 fully saturated rings. The van der Waals surface area contributed by atoms with E-state index < -0.39 is 0 Å². The van der Waals surface area contributed by atoms with Crippen molar-refractivity contribution in [3.05, 3.63) is 18.5 Å². The predicted molar refractivity (Wildman–Crippen MR) is 39.5 cm³/mol. The summed E-state index contributed by atoms with van der Waals surface area (Å²) >= 11 is 0. The van der Waals surface area contributed by atoms with Gasteiger partial charge in [0.25, 0.3) is 0 Å². The minimum Gasteiger partial charge on any atom is -0.263 e. The van der Waals surface area contributed by atoms with Crippen LogP contribution in [-0.4, -0.2) is 4.98 Å². The van der Waals surface area contributed by atoms with Crippen molar-refractivity contribution in [3.8, 4) is 0 Å². The molecule has 2 rings (SSSR count). The van der Waals surface area contributed by atoms with Gasteiger partial charge in [-0.2, -0.15) is 0 Å². The molecule has 0 unspecified atom stereocenters. The Hall–Kier alpha value is -0.350. The Morgan fingerprint density at radius 3 is 3.33 bits per heavy atom. The van der Waals surface area contributed by atoms with Crippen LogP contribution >= 0.6 is 21.8 Å². The van der Waals surface area contributed by atoms with Gasteiger partial charge in [0.15, 0.2) is 0 Å². The molecule has 0 aliphatic carbocycles. The third-order valence-electron chi connectivity index (χ3n) is 1.03. The van der Waals surface area contributed by atoms with E-state index in [-0.39, 0.29) is 0 Å². The first kappa shape index (κ1) is 5.44. The third kappa shape index (κ3) is 0.881. The summed E-state index contributed by atoms with van der Waals surface area (Å²) in [4.78, 5) is 5.13. The van der Waals surface area contributed by atoms with Crippen molar-refractivity contribution in [3.63, 3.8) is 0 Å². The number of aromatic nitrogens is 1. The van der Waals surface area contributed by atoms with Gasteiger partial charge in [-0.1, -0.05) is 0 Å². The van der Waals surface area contributed by atoms with Crippen molar-refractivity contribution >= 4 is 27.5 Å². The van der Waals surface area contributed by atoms with Gasteiger partial charge in [0, 0.05) is 23.4 Å². The van der Waals surface area contributed by atoms with E-state index >= 15 is 0 Å². The minimum atomic E-state index is 1.06. The Bertz CT molecular complexity index is 203. The summed E-state index contributed by atoms with van der Waals surface area (Å²) in [5.74, 6) is 0. The lowest BCUT2D eigenvalue weighted by molar-refractivity contribution is 1.20. The zero-order valence-electron chi connectivity index (χ0n) is 4.44. The largest absolute Gasteiger partial charge is 0.263 e. The average molecular weight is 155 g/mol. The molecule has 1 aliphatic heterocycles. The molecular formula is C5H3N2S2. The van der Waals surface area contributed by atoms with Crippen LogP contribution in [0.25, 0.3) is 0 Å². The lowest BCUT2D eigenvalue weighted by atomic mass is 10.4. The molecule has 1 radical (unpaired) electrons. The number of fused-ring (bicyclic) bond motifs is 1. The van der Waals surface area contributed by atoms with E-state index in [9.17, 15) is 0 Å². The average Bonchev–Trinajstić information content (AvgIpc) is 2.33. The third-order valence-corrected chi connectivity index (χ3v) is 2.85. The van der Waals surface area contributed by atoms with Crippen LogP contribution in [0.1, 0.15) is 0 Å². The first-order valence-electron chi connectivity index (χ1n) is 2.45. The fourth-order valence-corrected chi connectivity index (χ4v) is 2.31. The van der Waals surface area contributed by atoms with Gasteiger partial charge in [-0.3, -0.25) is 4.98 Å². The molecule has 1 aliphatic rings. The molecule has 9 heavy (non-hydrogen) atoms. The van der Waals surface area contributed by atoms with Crippen molar-refractivity contribution in [1.82, 2.24) is 9.71 Å². The first-order chi connectivity index (χ1) is 4.47. The second-order valence-electron chi connectivity index (χ2n) is 1.59. The molecule has 2 nitrogen and oxygen atoms in total. The number of nitrogens with zero attached hydrogens (tertiary/aromatic N) is 2. The molecule has 0 saturated carbocycles. The maximum absolute atomic E-state index is 4.14. The van der Waals surface area contributed by atoms with Crippen LogP contribution in [0.15, 0.2) is 23.4 Å². The molecule has 45 valence electrons. The molecule has 1 aromatic heterocycles. The highest BCUT2D eigenvalue weighted by atomic mass is 33.1. The Morgan fingerprint density at radius 2 is 2.44 bits per heavy atom. The summed E-state index contributed by atoms with van der Waals surface area (Å²) in [6.45, 7) is 0. The SMILES string of the molecule is c1cc2c(cn1)SS[N]2. The standard InChI is InChI=1S/C5H3N2S2/c1-2-6-3-5-4(1)7-9-8-5/h1-3H. The molecule has 0 bridgehead atoms. The second-order valence-corrected chi connectivity index (χ2v) is 3.48.